The number of halogens is 3. The number of aromatic amines is 1. The quantitative estimate of drug-likeness (QED) is 0.781. The van der Waals surface area contributed by atoms with Crippen LogP contribution in [0.3, 0.4) is 0 Å². The van der Waals surface area contributed by atoms with Gasteiger partial charge >= 0.3 is 0 Å². The van der Waals surface area contributed by atoms with Gasteiger partial charge in [-0.25, -0.2) is 8.78 Å². The summed E-state index contributed by atoms with van der Waals surface area (Å²) in [6.07, 6.45) is 1.88. The standard InChI is InChI=1S/C17H19ClF2N2O2/c18-15-11-5-8-21-13(11)2-1-12(15)16(24)22-14(9-23)10-3-6-17(19,20)7-4-10/h1-2,5,8,10,14,21,23H,3-4,6-7,9H2,(H,22,24)/t14-/m1/s1. The summed E-state index contributed by atoms with van der Waals surface area (Å²) in [6.45, 7) is -0.286. The number of benzene rings is 1. The molecule has 1 amide bonds. The Morgan fingerprint density at radius 2 is 2.08 bits per heavy atom. The van der Waals surface area contributed by atoms with Crippen molar-refractivity contribution >= 4 is 28.4 Å². The van der Waals surface area contributed by atoms with Crippen LogP contribution in [0.5, 0.6) is 0 Å². The Labute approximate surface area is 143 Å². The molecule has 1 atom stereocenters. The number of carbonyl (C=O) groups excluding carboxylic acids is 1. The third kappa shape index (κ3) is 3.39. The van der Waals surface area contributed by atoms with E-state index in [1.807, 2.05) is 0 Å². The lowest BCUT2D eigenvalue weighted by atomic mass is 9.82. The Balaban J connectivity index is 1.73. The molecule has 1 fully saturated rings. The SMILES string of the molecule is O=C(N[C@H](CO)C1CCC(F)(F)CC1)c1ccc2[nH]ccc2c1Cl. The summed E-state index contributed by atoms with van der Waals surface area (Å²) in [4.78, 5) is 15.5. The molecule has 0 spiro atoms. The molecule has 1 aromatic carbocycles. The summed E-state index contributed by atoms with van der Waals surface area (Å²) < 4.78 is 26.5. The number of aliphatic hydroxyl groups is 1. The fraction of sp³-hybridized carbons (Fsp3) is 0.471. The van der Waals surface area contributed by atoms with Gasteiger partial charge in [-0.3, -0.25) is 4.79 Å². The average Bonchev–Trinajstić information content (AvgIpc) is 3.02. The number of hydrogen-bond donors (Lipinski definition) is 3. The number of amides is 1. The van der Waals surface area contributed by atoms with Crippen LogP contribution in [0.15, 0.2) is 24.4 Å². The first-order chi connectivity index (χ1) is 11.4. The van der Waals surface area contributed by atoms with Crippen molar-refractivity contribution in [2.75, 3.05) is 6.61 Å². The molecule has 7 heteroatoms. The van der Waals surface area contributed by atoms with Crippen LogP contribution >= 0.6 is 11.6 Å². The summed E-state index contributed by atoms with van der Waals surface area (Å²) in [5.74, 6) is -3.20. The highest BCUT2D eigenvalue weighted by molar-refractivity contribution is 6.38. The van der Waals surface area contributed by atoms with Gasteiger partial charge in [0.1, 0.15) is 0 Å². The van der Waals surface area contributed by atoms with E-state index in [1.54, 1.807) is 24.4 Å². The first-order valence-electron chi connectivity index (χ1n) is 7.96. The fourth-order valence-electron chi connectivity index (χ4n) is 3.30. The van der Waals surface area contributed by atoms with Crippen LogP contribution in [-0.2, 0) is 0 Å². The van der Waals surface area contributed by atoms with Gasteiger partial charge in [0.15, 0.2) is 0 Å². The minimum Gasteiger partial charge on any atom is -0.394 e. The van der Waals surface area contributed by atoms with Gasteiger partial charge in [0, 0.05) is 29.9 Å². The summed E-state index contributed by atoms with van der Waals surface area (Å²) in [5.41, 5.74) is 1.13. The second-order valence-corrected chi connectivity index (χ2v) is 6.70. The maximum atomic E-state index is 13.3. The largest absolute Gasteiger partial charge is 0.394 e. The van der Waals surface area contributed by atoms with Gasteiger partial charge in [0.25, 0.3) is 5.91 Å². The average molecular weight is 357 g/mol. The van der Waals surface area contributed by atoms with Gasteiger partial charge in [0.05, 0.1) is 23.2 Å². The molecular formula is C17H19ClF2N2O2. The molecule has 0 bridgehead atoms. The highest BCUT2D eigenvalue weighted by Crippen LogP contribution is 2.37. The molecule has 1 aliphatic carbocycles. The first-order valence-corrected chi connectivity index (χ1v) is 8.34. The second-order valence-electron chi connectivity index (χ2n) is 6.32. The van der Waals surface area contributed by atoms with Crippen LogP contribution in [0.4, 0.5) is 8.78 Å². The van der Waals surface area contributed by atoms with E-state index in [0.717, 1.165) is 10.9 Å². The Hall–Kier alpha value is -1.66. The molecule has 3 N–H and O–H groups in total. The van der Waals surface area contributed by atoms with Crippen molar-refractivity contribution in [3.8, 4) is 0 Å². The van der Waals surface area contributed by atoms with Crippen molar-refractivity contribution in [2.24, 2.45) is 5.92 Å². The van der Waals surface area contributed by atoms with Crippen LogP contribution in [-0.4, -0.2) is 34.6 Å². The van der Waals surface area contributed by atoms with Crippen molar-refractivity contribution in [3.63, 3.8) is 0 Å². The number of carbonyl (C=O) groups is 1. The highest BCUT2D eigenvalue weighted by Gasteiger charge is 2.38. The van der Waals surface area contributed by atoms with E-state index in [-0.39, 0.29) is 38.2 Å². The maximum absolute atomic E-state index is 13.3. The minimum absolute atomic E-state index is 0.159. The predicted octanol–water partition coefficient (Wildman–Crippen LogP) is 3.74. The second kappa shape index (κ2) is 6.69. The van der Waals surface area contributed by atoms with Gasteiger partial charge in [-0.15, -0.1) is 0 Å². The zero-order chi connectivity index (χ0) is 17.3. The number of rotatable bonds is 4. The summed E-state index contributed by atoms with van der Waals surface area (Å²) in [6, 6.07) is 4.60. The van der Waals surface area contributed by atoms with E-state index < -0.39 is 17.9 Å². The highest BCUT2D eigenvalue weighted by atomic mass is 35.5. The van der Waals surface area contributed by atoms with Crippen LogP contribution < -0.4 is 5.32 Å². The maximum Gasteiger partial charge on any atom is 0.253 e. The van der Waals surface area contributed by atoms with E-state index in [4.69, 9.17) is 11.6 Å². The van der Waals surface area contributed by atoms with E-state index >= 15 is 0 Å². The molecule has 3 rings (SSSR count). The molecule has 2 aromatic rings. The molecular weight excluding hydrogens is 338 g/mol. The number of nitrogens with one attached hydrogen (secondary N) is 2. The Kier molecular flexibility index (Phi) is 4.78. The summed E-state index contributed by atoms with van der Waals surface area (Å²) in [5, 5.41) is 13.4. The zero-order valence-corrected chi connectivity index (χ0v) is 13.7. The van der Waals surface area contributed by atoms with Crippen molar-refractivity contribution in [3.05, 3.63) is 35.0 Å². The van der Waals surface area contributed by atoms with Crippen molar-refractivity contribution in [1.82, 2.24) is 10.3 Å². The number of H-pyrrole nitrogens is 1. The zero-order valence-electron chi connectivity index (χ0n) is 13.0. The lowest BCUT2D eigenvalue weighted by Gasteiger charge is -2.33. The topological polar surface area (TPSA) is 65.1 Å². The predicted molar refractivity (Wildman–Crippen MR) is 88.6 cm³/mol. The molecule has 130 valence electrons. The van der Waals surface area contributed by atoms with Crippen molar-refractivity contribution < 1.29 is 18.7 Å². The van der Waals surface area contributed by atoms with Crippen molar-refractivity contribution in [2.45, 2.75) is 37.6 Å². The fourth-order valence-corrected chi connectivity index (χ4v) is 3.61. The van der Waals surface area contributed by atoms with E-state index in [9.17, 15) is 18.7 Å². The third-order valence-electron chi connectivity index (χ3n) is 4.76. The minimum atomic E-state index is -2.64. The molecule has 1 aliphatic rings. The Morgan fingerprint density at radius 3 is 2.75 bits per heavy atom. The van der Waals surface area contributed by atoms with Crippen molar-refractivity contribution in [1.29, 1.82) is 0 Å². The number of hydrogen-bond acceptors (Lipinski definition) is 2. The summed E-state index contributed by atoms with van der Waals surface area (Å²) in [7, 11) is 0. The van der Waals surface area contributed by atoms with Gasteiger partial charge in [-0.1, -0.05) is 11.6 Å². The first kappa shape index (κ1) is 17.2. The molecule has 24 heavy (non-hydrogen) atoms. The number of fused-ring (bicyclic) bond motifs is 1. The number of aromatic nitrogens is 1. The Bertz CT molecular complexity index is 737. The number of aliphatic hydroxyl groups excluding tert-OH is 1. The number of alkyl halides is 2. The molecule has 1 aromatic heterocycles. The van der Waals surface area contributed by atoms with Gasteiger partial charge in [-0.2, -0.15) is 0 Å². The van der Waals surface area contributed by atoms with Gasteiger partial charge in [-0.05, 0) is 37.0 Å². The molecule has 1 saturated carbocycles. The summed E-state index contributed by atoms with van der Waals surface area (Å²) >= 11 is 6.29. The van der Waals surface area contributed by atoms with Crippen LogP contribution in [0, 0.1) is 5.92 Å². The molecule has 0 radical (unpaired) electrons. The van der Waals surface area contributed by atoms with Crippen LogP contribution in [0.1, 0.15) is 36.0 Å². The monoisotopic (exact) mass is 356 g/mol. The molecule has 0 saturated heterocycles. The molecule has 0 aliphatic heterocycles. The smallest absolute Gasteiger partial charge is 0.253 e. The molecule has 1 heterocycles. The lowest BCUT2D eigenvalue weighted by Crippen LogP contribution is -2.45. The molecule has 0 unspecified atom stereocenters. The van der Waals surface area contributed by atoms with E-state index in [1.165, 1.54) is 0 Å². The van der Waals surface area contributed by atoms with Gasteiger partial charge < -0.3 is 15.4 Å². The van der Waals surface area contributed by atoms with E-state index in [0.29, 0.717) is 10.6 Å². The lowest BCUT2D eigenvalue weighted by molar-refractivity contribution is -0.0512. The van der Waals surface area contributed by atoms with Crippen LogP contribution in [0.25, 0.3) is 10.9 Å². The molecule has 4 nitrogen and oxygen atoms in total. The Morgan fingerprint density at radius 1 is 1.38 bits per heavy atom. The normalized spacial score (nSPS) is 19.3. The van der Waals surface area contributed by atoms with Crippen LogP contribution in [0.2, 0.25) is 5.02 Å². The van der Waals surface area contributed by atoms with E-state index in [2.05, 4.69) is 10.3 Å². The van der Waals surface area contributed by atoms with Gasteiger partial charge in [0.2, 0.25) is 5.92 Å². The third-order valence-corrected chi connectivity index (χ3v) is 5.16.